The van der Waals surface area contributed by atoms with E-state index in [4.69, 9.17) is 0 Å². The average Bonchev–Trinajstić information content (AvgIpc) is 3.23. The minimum Gasteiger partial charge on any atom is -0.543 e. The number of carboxylic acids is 1. The van der Waals surface area contributed by atoms with Gasteiger partial charge in [-0.3, -0.25) is 4.79 Å². The number of aliphatic hydroxyl groups is 1. The average molecular weight is 469 g/mol. The third-order valence-electron chi connectivity index (χ3n) is 6.42. The number of β-lactam (4-membered cyclic amide) rings is 1. The van der Waals surface area contributed by atoms with E-state index in [1.165, 1.54) is 4.90 Å². The Morgan fingerprint density at radius 3 is 2.87 bits per heavy atom. The monoisotopic (exact) mass is 468 g/mol. The third-order valence-corrected chi connectivity index (χ3v) is 8.76. The first-order valence-corrected chi connectivity index (χ1v) is 11.7. The minimum absolute atomic E-state index is 0. The molecule has 6 nitrogen and oxygen atoms in total. The number of amides is 1. The molecule has 30 heavy (non-hydrogen) atoms. The first-order chi connectivity index (χ1) is 14.0. The summed E-state index contributed by atoms with van der Waals surface area (Å²) in [6, 6.07) is 7.77. The van der Waals surface area contributed by atoms with E-state index in [0.717, 1.165) is 45.1 Å². The number of fused-ring (bicyclic) bond motifs is 4. The van der Waals surface area contributed by atoms with Gasteiger partial charge in [0, 0.05) is 11.7 Å². The SMILES string of the molecule is C[C@@H](O)[C@H]1C(=O)N2C(C(=O)[O-])=C3[C@@H](CSc4nc5ccccc5s4)CCC[C@@H]3[C@H]12.[K+]. The van der Waals surface area contributed by atoms with Crippen LogP contribution in [0.1, 0.15) is 26.2 Å². The number of carbonyl (C=O) groups excluding carboxylic acids is 2. The number of para-hydroxylation sites is 1. The molecule has 152 valence electrons. The number of hydrogen-bond acceptors (Lipinski definition) is 7. The van der Waals surface area contributed by atoms with Gasteiger partial charge in [-0.2, -0.15) is 0 Å². The summed E-state index contributed by atoms with van der Waals surface area (Å²) in [6.45, 7) is 1.61. The molecule has 3 heterocycles. The van der Waals surface area contributed by atoms with Gasteiger partial charge in [0.1, 0.15) is 0 Å². The van der Waals surface area contributed by atoms with E-state index in [2.05, 4.69) is 4.98 Å². The first kappa shape index (κ1) is 22.9. The molecule has 0 spiro atoms. The zero-order chi connectivity index (χ0) is 20.3. The maximum atomic E-state index is 12.6. The zero-order valence-corrected chi connectivity index (χ0v) is 21.7. The molecule has 2 aromatic rings. The molecule has 1 saturated heterocycles. The van der Waals surface area contributed by atoms with Crippen LogP contribution < -0.4 is 56.5 Å². The van der Waals surface area contributed by atoms with Crippen molar-refractivity contribution in [3.05, 3.63) is 35.5 Å². The van der Waals surface area contributed by atoms with Gasteiger partial charge in [-0.05, 0) is 43.4 Å². The van der Waals surface area contributed by atoms with Crippen LogP contribution in [-0.4, -0.2) is 44.8 Å². The molecule has 5 rings (SSSR count). The van der Waals surface area contributed by atoms with E-state index < -0.39 is 18.0 Å². The van der Waals surface area contributed by atoms with E-state index in [9.17, 15) is 19.8 Å². The van der Waals surface area contributed by atoms with Gasteiger partial charge < -0.3 is 19.9 Å². The second-order valence-electron chi connectivity index (χ2n) is 8.05. The van der Waals surface area contributed by atoms with Crippen LogP contribution in [0, 0.1) is 17.8 Å². The van der Waals surface area contributed by atoms with Gasteiger partial charge in [-0.25, -0.2) is 4.98 Å². The van der Waals surface area contributed by atoms with Crippen LogP contribution in [0.25, 0.3) is 10.2 Å². The molecule has 9 heteroatoms. The molecule has 2 fully saturated rings. The predicted molar refractivity (Wildman–Crippen MR) is 109 cm³/mol. The second-order valence-corrected chi connectivity index (χ2v) is 10.3. The molecule has 1 aliphatic carbocycles. The summed E-state index contributed by atoms with van der Waals surface area (Å²) in [6.07, 6.45) is 1.97. The number of carbonyl (C=O) groups is 2. The van der Waals surface area contributed by atoms with Crippen LogP contribution in [0.2, 0.25) is 0 Å². The Morgan fingerprint density at radius 1 is 1.40 bits per heavy atom. The minimum atomic E-state index is -1.28. The zero-order valence-electron chi connectivity index (χ0n) is 16.9. The van der Waals surface area contributed by atoms with E-state index in [-0.39, 0.29) is 80.9 Å². The summed E-state index contributed by atoms with van der Waals surface area (Å²) < 4.78 is 2.12. The number of carboxylic acid groups (broad SMARTS) is 1. The molecule has 1 aromatic heterocycles. The van der Waals surface area contributed by atoms with Gasteiger partial charge in [-0.1, -0.05) is 30.3 Å². The van der Waals surface area contributed by atoms with Crippen LogP contribution in [-0.2, 0) is 9.59 Å². The number of thiazole rings is 1. The Hall–Kier alpha value is -0.264. The quantitative estimate of drug-likeness (QED) is 0.345. The van der Waals surface area contributed by atoms with Gasteiger partial charge in [0.15, 0.2) is 4.34 Å². The first-order valence-electron chi connectivity index (χ1n) is 9.92. The maximum Gasteiger partial charge on any atom is 1.00 e. The number of benzene rings is 1. The van der Waals surface area contributed by atoms with Crippen molar-refractivity contribution in [2.24, 2.45) is 17.8 Å². The smallest absolute Gasteiger partial charge is 0.543 e. The Kier molecular flexibility index (Phi) is 6.83. The predicted octanol–water partition coefficient (Wildman–Crippen LogP) is -0.966. The van der Waals surface area contributed by atoms with Crippen molar-refractivity contribution in [1.29, 1.82) is 0 Å². The van der Waals surface area contributed by atoms with Crippen molar-refractivity contribution >= 4 is 45.2 Å². The van der Waals surface area contributed by atoms with E-state index in [0.29, 0.717) is 0 Å². The Balaban J connectivity index is 0.00000218. The van der Waals surface area contributed by atoms with E-state index in [1.54, 1.807) is 30.0 Å². The van der Waals surface area contributed by atoms with Gasteiger partial charge in [-0.15, -0.1) is 11.3 Å². The van der Waals surface area contributed by atoms with Gasteiger partial charge in [0.2, 0.25) is 5.91 Å². The standard InChI is InChI=1S/C21H22N2O4S2.K/c1-10(24)15-17-12-6-4-5-11(16(12)18(20(26)27)23(17)19(15)25)9-28-21-22-13-7-2-3-8-14(13)29-21;/h2-3,7-8,10-12,15,17,24H,4-6,9H2,1H3,(H,26,27);/q;+1/p-1/t10-,11-,12+,15-,17-;/m1./s1. The molecule has 1 saturated carbocycles. The molecule has 1 N–H and O–H groups in total. The van der Waals surface area contributed by atoms with Crippen molar-refractivity contribution in [3.8, 4) is 0 Å². The number of rotatable bonds is 5. The normalized spacial score (nSPS) is 28.6. The van der Waals surface area contributed by atoms with Crippen LogP contribution in [0.5, 0.6) is 0 Å². The molecule has 2 aliphatic heterocycles. The molecular formula is C21H21KN2O4S2. The molecule has 3 aliphatic rings. The molecule has 1 amide bonds. The maximum absolute atomic E-state index is 12.6. The van der Waals surface area contributed by atoms with Crippen LogP contribution >= 0.6 is 23.1 Å². The number of aliphatic hydroxyl groups excluding tert-OH is 1. The third kappa shape index (κ3) is 3.65. The number of aliphatic carboxylic acids is 1. The van der Waals surface area contributed by atoms with E-state index >= 15 is 0 Å². The number of hydrogen-bond donors (Lipinski definition) is 1. The van der Waals surface area contributed by atoms with Crippen molar-refractivity contribution in [3.63, 3.8) is 0 Å². The van der Waals surface area contributed by atoms with Gasteiger partial charge in [0.25, 0.3) is 0 Å². The summed E-state index contributed by atoms with van der Waals surface area (Å²) in [5, 5.41) is 22.0. The van der Waals surface area contributed by atoms with Crippen LogP contribution in [0.15, 0.2) is 39.9 Å². The van der Waals surface area contributed by atoms with Gasteiger partial charge >= 0.3 is 51.4 Å². The summed E-state index contributed by atoms with van der Waals surface area (Å²) >= 11 is 3.30. The van der Waals surface area contributed by atoms with Crippen molar-refractivity contribution in [2.45, 2.75) is 42.7 Å². The summed E-state index contributed by atoms with van der Waals surface area (Å²) in [7, 11) is 0. The molecule has 1 aromatic carbocycles. The fourth-order valence-electron chi connectivity index (χ4n) is 5.25. The number of aromatic nitrogens is 1. The molecular weight excluding hydrogens is 447 g/mol. The van der Waals surface area contributed by atoms with Crippen molar-refractivity contribution in [2.75, 3.05) is 5.75 Å². The topological polar surface area (TPSA) is 93.6 Å². The summed E-state index contributed by atoms with van der Waals surface area (Å²) in [5.41, 5.74) is 1.90. The summed E-state index contributed by atoms with van der Waals surface area (Å²) in [5.74, 6) is -1.26. The fraction of sp³-hybridized carbons (Fsp3) is 0.476. The molecule has 0 unspecified atom stereocenters. The molecule has 5 atom stereocenters. The number of thioether (sulfide) groups is 1. The van der Waals surface area contributed by atoms with Crippen molar-refractivity contribution < 1.29 is 71.2 Å². The molecule has 0 bridgehead atoms. The van der Waals surface area contributed by atoms with Crippen LogP contribution in [0.4, 0.5) is 0 Å². The Bertz CT molecular complexity index is 1000. The largest absolute Gasteiger partial charge is 1.00 e. The Labute approximate surface area is 225 Å². The number of nitrogens with zero attached hydrogens (tertiary/aromatic N) is 2. The van der Waals surface area contributed by atoms with Crippen molar-refractivity contribution in [1.82, 2.24) is 9.88 Å². The summed E-state index contributed by atoms with van der Waals surface area (Å²) in [4.78, 5) is 30.6. The van der Waals surface area contributed by atoms with Gasteiger partial charge in [0.05, 0.1) is 39.9 Å². The van der Waals surface area contributed by atoms with Crippen LogP contribution in [0.3, 0.4) is 0 Å². The molecule has 0 radical (unpaired) electrons. The second kappa shape index (κ2) is 8.94. The Morgan fingerprint density at radius 2 is 2.17 bits per heavy atom. The van der Waals surface area contributed by atoms with E-state index in [1.807, 2.05) is 24.3 Å². The fourth-order valence-corrected chi connectivity index (χ4v) is 7.51.